The van der Waals surface area contributed by atoms with Crippen LogP contribution >= 0.6 is 11.6 Å². The van der Waals surface area contributed by atoms with Crippen molar-refractivity contribution in [1.82, 2.24) is 5.32 Å². The molecule has 1 atom stereocenters. The SMILES string of the molecule is CNC(c1ccc(OC)cc1Cl)C1C(C)(C)C1(C)C. The van der Waals surface area contributed by atoms with E-state index in [4.69, 9.17) is 16.3 Å². The summed E-state index contributed by atoms with van der Waals surface area (Å²) in [5.41, 5.74) is 1.81. The lowest BCUT2D eigenvalue weighted by molar-refractivity contribution is 0.412. The largest absolute Gasteiger partial charge is 0.497 e. The Morgan fingerprint density at radius 3 is 2.16 bits per heavy atom. The van der Waals surface area contributed by atoms with Gasteiger partial charge in [0.05, 0.1) is 7.11 Å². The molecule has 0 heterocycles. The van der Waals surface area contributed by atoms with E-state index in [0.29, 0.717) is 16.7 Å². The van der Waals surface area contributed by atoms with Gasteiger partial charge in [0.1, 0.15) is 5.75 Å². The van der Waals surface area contributed by atoms with Gasteiger partial charge in [-0.3, -0.25) is 0 Å². The van der Waals surface area contributed by atoms with E-state index in [-0.39, 0.29) is 6.04 Å². The number of nitrogens with one attached hydrogen (secondary N) is 1. The lowest BCUT2D eigenvalue weighted by Crippen LogP contribution is -2.21. The summed E-state index contributed by atoms with van der Waals surface area (Å²) in [6, 6.07) is 6.23. The third-order valence-corrected chi connectivity index (χ3v) is 5.65. The Labute approximate surface area is 121 Å². The first-order valence-corrected chi connectivity index (χ1v) is 7.16. The molecule has 3 heteroatoms. The zero-order valence-electron chi connectivity index (χ0n) is 12.7. The molecule has 1 aromatic carbocycles. The summed E-state index contributed by atoms with van der Waals surface area (Å²) < 4.78 is 5.22. The van der Waals surface area contributed by atoms with Crippen molar-refractivity contribution in [2.75, 3.05) is 14.2 Å². The zero-order valence-corrected chi connectivity index (χ0v) is 13.4. The monoisotopic (exact) mass is 281 g/mol. The Morgan fingerprint density at radius 1 is 1.21 bits per heavy atom. The van der Waals surface area contributed by atoms with Gasteiger partial charge in [-0.15, -0.1) is 0 Å². The molecular weight excluding hydrogens is 258 g/mol. The number of halogens is 1. The summed E-state index contributed by atoms with van der Waals surface area (Å²) in [7, 11) is 3.67. The van der Waals surface area contributed by atoms with Gasteiger partial charge >= 0.3 is 0 Å². The molecule has 1 N–H and O–H groups in total. The Kier molecular flexibility index (Phi) is 3.61. The van der Waals surface area contributed by atoms with Crippen LogP contribution in [0, 0.1) is 16.7 Å². The van der Waals surface area contributed by atoms with Gasteiger partial charge in [0.25, 0.3) is 0 Å². The quantitative estimate of drug-likeness (QED) is 0.889. The molecule has 1 saturated carbocycles. The number of ether oxygens (including phenoxy) is 1. The second-order valence-corrected chi connectivity index (χ2v) is 6.98. The van der Waals surface area contributed by atoms with E-state index in [1.54, 1.807) is 7.11 Å². The standard InChI is InChI=1S/C16H24ClNO/c1-15(2)14(16(15,3)4)13(18-5)11-8-7-10(19-6)9-12(11)17/h7-9,13-14,18H,1-6H3. The summed E-state index contributed by atoms with van der Waals surface area (Å²) in [5.74, 6) is 1.38. The minimum atomic E-state index is 0.281. The van der Waals surface area contributed by atoms with Crippen molar-refractivity contribution in [1.29, 1.82) is 0 Å². The van der Waals surface area contributed by atoms with Crippen LogP contribution in [0.2, 0.25) is 5.02 Å². The van der Waals surface area contributed by atoms with Crippen LogP contribution < -0.4 is 10.1 Å². The number of hydrogen-bond acceptors (Lipinski definition) is 2. The molecule has 1 fully saturated rings. The average molecular weight is 282 g/mol. The molecule has 0 bridgehead atoms. The average Bonchev–Trinajstić information content (AvgIpc) is 2.74. The van der Waals surface area contributed by atoms with Crippen LogP contribution in [-0.2, 0) is 0 Å². The maximum absolute atomic E-state index is 6.42. The van der Waals surface area contributed by atoms with Crippen molar-refractivity contribution >= 4 is 11.6 Å². The van der Waals surface area contributed by atoms with Gasteiger partial charge in [-0.25, -0.2) is 0 Å². The number of benzene rings is 1. The molecule has 0 aromatic heterocycles. The van der Waals surface area contributed by atoms with Crippen molar-refractivity contribution in [3.05, 3.63) is 28.8 Å². The molecule has 2 nitrogen and oxygen atoms in total. The van der Waals surface area contributed by atoms with Crippen LogP contribution in [0.1, 0.15) is 39.3 Å². The summed E-state index contributed by atoms with van der Waals surface area (Å²) in [6.07, 6.45) is 0. The highest BCUT2D eigenvalue weighted by molar-refractivity contribution is 6.31. The third-order valence-electron chi connectivity index (χ3n) is 5.32. The Hall–Kier alpha value is -0.730. The molecule has 106 valence electrons. The Bertz CT molecular complexity index is 468. The molecular formula is C16H24ClNO. The summed E-state index contributed by atoms with van der Waals surface area (Å²) in [4.78, 5) is 0. The van der Waals surface area contributed by atoms with Crippen LogP contribution in [0.5, 0.6) is 5.75 Å². The van der Waals surface area contributed by atoms with Gasteiger partial charge in [-0.1, -0.05) is 45.4 Å². The summed E-state index contributed by atoms with van der Waals surface area (Å²) >= 11 is 6.42. The predicted octanol–water partition coefficient (Wildman–Crippen LogP) is 4.29. The Balaban J connectivity index is 2.35. The van der Waals surface area contributed by atoms with E-state index in [1.807, 2.05) is 19.2 Å². The second kappa shape index (κ2) is 4.68. The minimum absolute atomic E-state index is 0.281. The predicted molar refractivity (Wildman–Crippen MR) is 80.9 cm³/mol. The Morgan fingerprint density at radius 2 is 1.79 bits per heavy atom. The van der Waals surface area contributed by atoms with Gasteiger partial charge < -0.3 is 10.1 Å². The second-order valence-electron chi connectivity index (χ2n) is 6.57. The van der Waals surface area contributed by atoms with Gasteiger partial charge in [0.15, 0.2) is 0 Å². The molecule has 19 heavy (non-hydrogen) atoms. The number of rotatable bonds is 4. The van der Waals surface area contributed by atoms with Crippen molar-refractivity contribution < 1.29 is 4.74 Å². The van der Waals surface area contributed by atoms with E-state index in [2.05, 4.69) is 39.1 Å². The highest BCUT2D eigenvalue weighted by Crippen LogP contribution is 2.72. The van der Waals surface area contributed by atoms with Gasteiger partial charge in [-0.2, -0.15) is 0 Å². The van der Waals surface area contributed by atoms with Crippen molar-refractivity contribution in [2.24, 2.45) is 16.7 Å². The minimum Gasteiger partial charge on any atom is -0.497 e. The maximum Gasteiger partial charge on any atom is 0.120 e. The van der Waals surface area contributed by atoms with Gasteiger partial charge in [0.2, 0.25) is 0 Å². The van der Waals surface area contributed by atoms with Crippen LogP contribution in [0.15, 0.2) is 18.2 Å². The van der Waals surface area contributed by atoms with E-state index < -0.39 is 0 Å². The molecule has 0 saturated heterocycles. The topological polar surface area (TPSA) is 21.3 Å². The highest BCUT2D eigenvalue weighted by atomic mass is 35.5. The molecule has 0 spiro atoms. The molecule has 2 rings (SSSR count). The molecule has 0 aliphatic heterocycles. The van der Waals surface area contributed by atoms with E-state index in [9.17, 15) is 0 Å². The van der Waals surface area contributed by atoms with E-state index >= 15 is 0 Å². The van der Waals surface area contributed by atoms with Crippen LogP contribution in [0.3, 0.4) is 0 Å². The van der Waals surface area contributed by atoms with Crippen LogP contribution in [0.25, 0.3) is 0 Å². The zero-order chi connectivity index (χ0) is 14.4. The fourth-order valence-electron chi connectivity index (χ4n) is 3.47. The lowest BCUT2D eigenvalue weighted by Gasteiger charge is -2.21. The highest BCUT2D eigenvalue weighted by Gasteiger charge is 2.67. The molecule has 1 unspecified atom stereocenters. The van der Waals surface area contributed by atoms with E-state index in [0.717, 1.165) is 16.3 Å². The molecule has 1 aliphatic carbocycles. The van der Waals surface area contributed by atoms with E-state index in [1.165, 1.54) is 0 Å². The summed E-state index contributed by atoms with van der Waals surface area (Å²) in [6.45, 7) is 9.33. The molecule has 0 radical (unpaired) electrons. The molecule has 1 aromatic rings. The first-order valence-electron chi connectivity index (χ1n) is 6.78. The van der Waals surface area contributed by atoms with Crippen molar-refractivity contribution in [3.63, 3.8) is 0 Å². The molecule has 1 aliphatic rings. The normalized spacial score (nSPS) is 22.1. The number of hydrogen-bond donors (Lipinski definition) is 1. The molecule has 0 amide bonds. The lowest BCUT2D eigenvalue weighted by atomic mass is 9.96. The van der Waals surface area contributed by atoms with Crippen molar-refractivity contribution in [3.8, 4) is 5.75 Å². The first kappa shape index (κ1) is 14.7. The maximum atomic E-state index is 6.42. The summed E-state index contributed by atoms with van der Waals surface area (Å²) in [5, 5.41) is 4.22. The van der Waals surface area contributed by atoms with Gasteiger partial charge in [0, 0.05) is 11.1 Å². The smallest absolute Gasteiger partial charge is 0.120 e. The van der Waals surface area contributed by atoms with Crippen molar-refractivity contribution in [2.45, 2.75) is 33.7 Å². The third kappa shape index (κ3) is 2.15. The van der Waals surface area contributed by atoms with Crippen LogP contribution in [0.4, 0.5) is 0 Å². The number of methoxy groups -OCH3 is 1. The fourth-order valence-corrected chi connectivity index (χ4v) is 3.76. The fraction of sp³-hybridized carbons (Fsp3) is 0.625. The van der Waals surface area contributed by atoms with Gasteiger partial charge in [-0.05, 0) is 41.5 Å². The first-order chi connectivity index (χ1) is 8.77. The van der Waals surface area contributed by atoms with Crippen LogP contribution in [-0.4, -0.2) is 14.2 Å².